The number of hydrogen-bond donors (Lipinski definition) is 7. The third-order valence-electron chi connectivity index (χ3n) is 5.72. The van der Waals surface area contributed by atoms with E-state index in [9.17, 15) is 39.3 Å². The van der Waals surface area contributed by atoms with Crippen molar-refractivity contribution in [1.82, 2.24) is 16.0 Å². The predicted octanol–water partition coefficient (Wildman–Crippen LogP) is -2.47. The van der Waals surface area contributed by atoms with Crippen LogP contribution in [0, 0.1) is 0 Å². The maximum absolute atomic E-state index is 12.7. The number of hydrogen-bond acceptors (Lipinski definition) is 11. The number of carboxylic acid groups (broad SMARTS) is 1. The molecule has 0 aromatic carbocycles. The molecule has 1 aliphatic rings. The van der Waals surface area contributed by atoms with Crippen LogP contribution in [0.1, 0.15) is 53.4 Å². The molecule has 0 radical (unpaired) electrons. The highest BCUT2D eigenvalue weighted by atomic mass is 16.6. The number of aliphatic hydroxyl groups is 3. The zero-order valence-electron chi connectivity index (χ0n) is 21.9. The molecule has 38 heavy (non-hydrogen) atoms. The van der Waals surface area contributed by atoms with Crippen LogP contribution in [0.15, 0.2) is 0 Å². The smallest absolute Gasteiger partial charge is 0.328 e. The molecule has 3 amide bonds. The van der Waals surface area contributed by atoms with Gasteiger partial charge in [-0.3, -0.25) is 19.2 Å². The molecule has 1 fully saturated rings. The maximum atomic E-state index is 12.7. The van der Waals surface area contributed by atoms with Crippen molar-refractivity contribution in [3.8, 4) is 0 Å². The molecule has 0 spiro atoms. The van der Waals surface area contributed by atoms with Gasteiger partial charge in [-0.05, 0) is 26.7 Å². The Kier molecular flexibility index (Phi) is 14.1. The van der Waals surface area contributed by atoms with Crippen molar-refractivity contribution >= 4 is 29.7 Å². The lowest BCUT2D eigenvalue weighted by atomic mass is 9.96. The monoisotopic (exact) mass is 549 g/mol. The second kappa shape index (κ2) is 16.2. The van der Waals surface area contributed by atoms with Crippen molar-refractivity contribution in [2.24, 2.45) is 0 Å². The van der Waals surface area contributed by atoms with Crippen molar-refractivity contribution in [2.45, 2.75) is 102 Å². The quantitative estimate of drug-likeness (QED) is 0.0832. The Bertz CT molecular complexity index is 825. The molecular formula is C23H39N3O12. The van der Waals surface area contributed by atoms with E-state index in [2.05, 4.69) is 16.0 Å². The number of aliphatic hydroxyl groups excluding tert-OH is 3. The van der Waals surface area contributed by atoms with Crippen molar-refractivity contribution in [1.29, 1.82) is 0 Å². The highest BCUT2D eigenvalue weighted by Gasteiger charge is 2.47. The third kappa shape index (κ3) is 10.5. The first-order chi connectivity index (χ1) is 17.8. The number of rotatable bonds is 15. The molecule has 1 heterocycles. The van der Waals surface area contributed by atoms with E-state index in [1.807, 2.05) is 6.92 Å². The predicted molar refractivity (Wildman–Crippen MR) is 128 cm³/mol. The number of carbonyl (C=O) groups excluding carboxylic acids is 4. The number of carbonyl (C=O) groups is 5. The van der Waals surface area contributed by atoms with E-state index in [1.54, 1.807) is 0 Å². The van der Waals surface area contributed by atoms with E-state index >= 15 is 0 Å². The Hall–Kier alpha value is -2.85. The first-order valence-electron chi connectivity index (χ1n) is 12.4. The zero-order valence-corrected chi connectivity index (χ0v) is 21.9. The fourth-order valence-electron chi connectivity index (χ4n) is 3.56. The van der Waals surface area contributed by atoms with E-state index in [4.69, 9.17) is 19.3 Å². The van der Waals surface area contributed by atoms with Crippen LogP contribution in [-0.4, -0.2) is 112 Å². The summed E-state index contributed by atoms with van der Waals surface area (Å²) in [6.07, 6.45) is -6.35. The Morgan fingerprint density at radius 2 is 1.71 bits per heavy atom. The van der Waals surface area contributed by atoms with Crippen molar-refractivity contribution in [3.63, 3.8) is 0 Å². The lowest BCUT2D eigenvalue weighted by Gasteiger charge is -2.43. The number of amides is 3. The average Bonchev–Trinajstić information content (AvgIpc) is 2.85. The van der Waals surface area contributed by atoms with Crippen LogP contribution >= 0.6 is 0 Å². The van der Waals surface area contributed by atoms with Gasteiger partial charge >= 0.3 is 11.9 Å². The van der Waals surface area contributed by atoms with E-state index in [0.29, 0.717) is 6.42 Å². The van der Waals surface area contributed by atoms with Crippen molar-refractivity contribution in [3.05, 3.63) is 0 Å². The van der Waals surface area contributed by atoms with Crippen LogP contribution in [-0.2, 0) is 38.2 Å². The Balaban J connectivity index is 2.83. The minimum absolute atomic E-state index is 0.110. The van der Waals surface area contributed by atoms with Gasteiger partial charge in [-0.1, -0.05) is 13.3 Å². The second-order valence-corrected chi connectivity index (χ2v) is 8.95. The lowest BCUT2D eigenvalue weighted by molar-refractivity contribution is -0.266. The molecule has 15 heteroatoms. The van der Waals surface area contributed by atoms with E-state index < -0.39 is 91.5 Å². The molecule has 0 aliphatic carbocycles. The largest absolute Gasteiger partial charge is 0.481 e. The summed E-state index contributed by atoms with van der Waals surface area (Å²) in [5.74, 6) is -4.13. The molecule has 0 bridgehead atoms. The number of carboxylic acids is 1. The van der Waals surface area contributed by atoms with Crippen LogP contribution in [0.25, 0.3) is 0 Å². The molecule has 0 unspecified atom stereocenters. The SMILES string of the molecule is CCCCOC(=O)[C@@H](CCC(=O)O)NC(=O)[C@H](C)NC(=O)[C@@H](C)O[C@H]1[C@H](O)[C@@H](CO)O[C@@H](O)[C@@H]1NC(C)=O. The average molecular weight is 550 g/mol. The minimum atomic E-state index is -1.65. The fraction of sp³-hybridized carbons (Fsp3) is 0.783. The zero-order chi connectivity index (χ0) is 29.0. The molecule has 15 nitrogen and oxygen atoms in total. The minimum Gasteiger partial charge on any atom is -0.481 e. The number of aliphatic carboxylic acids is 1. The van der Waals surface area contributed by atoms with Gasteiger partial charge in [0.15, 0.2) is 6.29 Å². The highest BCUT2D eigenvalue weighted by Crippen LogP contribution is 2.23. The van der Waals surface area contributed by atoms with Gasteiger partial charge in [-0.25, -0.2) is 4.79 Å². The Morgan fingerprint density at radius 1 is 1.05 bits per heavy atom. The summed E-state index contributed by atoms with van der Waals surface area (Å²) in [6.45, 7) is 5.11. The third-order valence-corrected chi connectivity index (χ3v) is 5.72. The van der Waals surface area contributed by atoms with Gasteiger partial charge < -0.3 is 50.6 Å². The van der Waals surface area contributed by atoms with Gasteiger partial charge in [0.2, 0.25) is 17.7 Å². The lowest BCUT2D eigenvalue weighted by Crippen LogP contribution is -2.65. The van der Waals surface area contributed by atoms with E-state index in [-0.39, 0.29) is 13.0 Å². The summed E-state index contributed by atoms with van der Waals surface area (Å²) < 4.78 is 15.8. The topological polar surface area (TPSA) is 230 Å². The van der Waals surface area contributed by atoms with Crippen LogP contribution in [0.4, 0.5) is 0 Å². The van der Waals surface area contributed by atoms with Gasteiger partial charge in [-0.15, -0.1) is 0 Å². The molecule has 0 saturated carbocycles. The second-order valence-electron chi connectivity index (χ2n) is 8.95. The van der Waals surface area contributed by atoms with Gasteiger partial charge in [0.05, 0.1) is 13.2 Å². The van der Waals surface area contributed by atoms with Crippen LogP contribution in [0.2, 0.25) is 0 Å². The van der Waals surface area contributed by atoms with Crippen LogP contribution in [0.3, 0.4) is 0 Å². The summed E-state index contributed by atoms with van der Waals surface area (Å²) in [5, 5.41) is 46.1. The first kappa shape index (κ1) is 33.2. The molecule has 1 saturated heterocycles. The van der Waals surface area contributed by atoms with Gasteiger partial charge in [0.25, 0.3) is 0 Å². The Morgan fingerprint density at radius 3 is 2.26 bits per heavy atom. The molecule has 0 aromatic rings. The van der Waals surface area contributed by atoms with Crippen LogP contribution in [0.5, 0.6) is 0 Å². The summed E-state index contributed by atoms with van der Waals surface area (Å²) in [7, 11) is 0. The molecule has 218 valence electrons. The number of ether oxygens (including phenoxy) is 3. The van der Waals surface area contributed by atoms with E-state index in [0.717, 1.165) is 13.3 Å². The van der Waals surface area contributed by atoms with Crippen molar-refractivity contribution in [2.75, 3.05) is 13.2 Å². The molecular weight excluding hydrogens is 510 g/mol. The molecule has 0 aromatic heterocycles. The highest BCUT2D eigenvalue weighted by molar-refractivity contribution is 5.91. The molecule has 8 atom stereocenters. The molecule has 7 N–H and O–H groups in total. The summed E-state index contributed by atoms with van der Waals surface area (Å²) in [5.41, 5.74) is 0. The maximum Gasteiger partial charge on any atom is 0.328 e. The Labute approximate surface area is 220 Å². The van der Waals surface area contributed by atoms with Crippen molar-refractivity contribution < 1.29 is 58.6 Å². The van der Waals surface area contributed by atoms with Crippen LogP contribution < -0.4 is 16.0 Å². The standard InChI is InChI=1S/C23H39N3O12/c1-5-6-9-36-22(34)14(7-8-16(29)30)26-20(32)11(2)24-21(33)12(3)37-19-17(25-13(4)28)23(35)38-15(10-27)18(19)31/h11-12,14-15,17-19,23,27,31,35H,5-10H2,1-4H3,(H,24,33)(H,25,28)(H,26,32)(H,29,30)/t11-,12+,14+,15+,17+,18+,19+,23+/m0/s1. The molecule has 1 rings (SSSR count). The fourth-order valence-corrected chi connectivity index (χ4v) is 3.56. The summed E-state index contributed by atoms with van der Waals surface area (Å²) >= 11 is 0. The van der Waals surface area contributed by atoms with Gasteiger partial charge in [0, 0.05) is 13.3 Å². The number of unbranched alkanes of at least 4 members (excludes halogenated alkanes) is 1. The first-order valence-corrected chi connectivity index (χ1v) is 12.4. The van der Waals surface area contributed by atoms with Gasteiger partial charge in [-0.2, -0.15) is 0 Å². The normalized spacial score (nSPS) is 25.4. The summed E-state index contributed by atoms with van der Waals surface area (Å²) in [4.78, 5) is 60.2. The summed E-state index contributed by atoms with van der Waals surface area (Å²) in [6, 6.07) is -3.70. The van der Waals surface area contributed by atoms with E-state index in [1.165, 1.54) is 13.8 Å². The molecule has 1 aliphatic heterocycles. The number of esters is 1. The number of nitrogens with one attached hydrogen (secondary N) is 3. The van der Waals surface area contributed by atoms with Gasteiger partial charge in [0.1, 0.15) is 42.5 Å².